The van der Waals surface area contributed by atoms with Gasteiger partial charge < -0.3 is 15.3 Å². The van der Waals surface area contributed by atoms with Crippen molar-refractivity contribution in [3.05, 3.63) is 0 Å². The Bertz CT molecular complexity index is 241. The van der Waals surface area contributed by atoms with E-state index in [9.17, 15) is 9.90 Å². The first-order chi connectivity index (χ1) is 6.59. The van der Waals surface area contributed by atoms with Crippen LogP contribution in [0.3, 0.4) is 0 Å². The van der Waals surface area contributed by atoms with Crippen LogP contribution >= 0.6 is 0 Å². The molecule has 80 valence electrons. The Morgan fingerprint density at radius 2 is 1.93 bits per heavy atom. The maximum absolute atomic E-state index is 11.3. The first-order valence-corrected chi connectivity index (χ1v) is 5.23. The minimum atomic E-state index is -0.690. The highest BCUT2D eigenvalue weighted by molar-refractivity contribution is 5.79. The van der Waals surface area contributed by atoms with Crippen molar-refractivity contribution in [2.24, 2.45) is 0 Å². The van der Waals surface area contributed by atoms with E-state index >= 15 is 0 Å². The molecule has 4 heteroatoms. The third kappa shape index (κ3) is 1.25. The van der Waals surface area contributed by atoms with E-state index in [0.29, 0.717) is 12.1 Å². The molecule has 2 N–H and O–H groups in total. The Hall–Kier alpha value is -0.610. The number of hydrogen-bond donors (Lipinski definition) is 2. The van der Waals surface area contributed by atoms with Crippen LogP contribution in [0.5, 0.6) is 0 Å². The molecule has 0 aromatic heterocycles. The quantitative estimate of drug-likeness (QED) is 0.669. The number of carboxylic acid groups (broad SMARTS) is 1. The molecule has 0 aromatic rings. The van der Waals surface area contributed by atoms with Gasteiger partial charge in [-0.25, -0.2) is 0 Å². The minimum absolute atomic E-state index is 0.456. The zero-order chi connectivity index (χ0) is 10.3. The molecule has 2 aliphatic rings. The van der Waals surface area contributed by atoms with Gasteiger partial charge in [0, 0.05) is 12.1 Å². The van der Waals surface area contributed by atoms with Crippen molar-refractivity contribution in [3.8, 4) is 0 Å². The lowest BCUT2D eigenvalue weighted by Gasteiger charge is -2.42. The predicted molar refractivity (Wildman–Crippen MR) is 53.2 cm³/mol. The fourth-order valence-electron chi connectivity index (χ4n) is 2.96. The van der Waals surface area contributed by atoms with Gasteiger partial charge in [0.1, 0.15) is 5.54 Å². The van der Waals surface area contributed by atoms with Crippen LogP contribution in [0, 0.1) is 0 Å². The van der Waals surface area contributed by atoms with E-state index in [1.807, 2.05) is 0 Å². The lowest BCUT2D eigenvalue weighted by molar-refractivity contribution is -0.148. The summed E-state index contributed by atoms with van der Waals surface area (Å²) in [5.41, 5.74) is -0.668. The molecule has 0 aliphatic carbocycles. The van der Waals surface area contributed by atoms with Gasteiger partial charge in [-0.3, -0.25) is 4.79 Å². The van der Waals surface area contributed by atoms with Gasteiger partial charge in [-0.15, -0.1) is 0 Å². The standard InChI is InChI=1S/C10H18N2O2/c1-11-10(9(13)14)5-7-3-4-8(6-10)12(7)2/h7-8,11H,3-6H2,1-2H3,(H,13,14). The van der Waals surface area contributed by atoms with Crippen LogP contribution in [0.25, 0.3) is 0 Å². The average Bonchev–Trinajstić information content (AvgIpc) is 2.42. The van der Waals surface area contributed by atoms with Crippen molar-refractivity contribution < 1.29 is 9.90 Å². The maximum atomic E-state index is 11.3. The van der Waals surface area contributed by atoms with E-state index in [2.05, 4.69) is 17.3 Å². The van der Waals surface area contributed by atoms with E-state index in [0.717, 1.165) is 25.7 Å². The first kappa shape index (κ1) is 9.93. The number of rotatable bonds is 2. The Morgan fingerprint density at radius 1 is 1.43 bits per heavy atom. The number of nitrogens with zero attached hydrogens (tertiary/aromatic N) is 1. The molecule has 2 saturated heterocycles. The molecule has 0 amide bonds. The summed E-state index contributed by atoms with van der Waals surface area (Å²) in [5, 5.41) is 12.3. The molecule has 2 rings (SSSR count). The average molecular weight is 198 g/mol. The number of aliphatic carboxylic acids is 1. The molecule has 2 heterocycles. The molecule has 2 atom stereocenters. The van der Waals surface area contributed by atoms with Crippen molar-refractivity contribution in [3.63, 3.8) is 0 Å². The highest BCUT2D eigenvalue weighted by Crippen LogP contribution is 2.39. The van der Waals surface area contributed by atoms with E-state index in [4.69, 9.17) is 0 Å². The molecule has 4 nitrogen and oxygen atoms in total. The normalized spacial score (nSPS) is 42.7. The largest absolute Gasteiger partial charge is 0.480 e. The molecule has 0 aromatic carbocycles. The zero-order valence-electron chi connectivity index (χ0n) is 8.79. The second kappa shape index (κ2) is 3.21. The van der Waals surface area contributed by atoms with E-state index < -0.39 is 11.5 Å². The molecule has 0 radical (unpaired) electrons. The van der Waals surface area contributed by atoms with Gasteiger partial charge in [-0.05, 0) is 39.8 Å². The Kier molecular flexibility index (Phi) is 2.27. The fourth-order valence-corrected chi connectivity index (χ4v) is 2.96. The van der Waals surface area contributed by atoms with Crippen LogP contribution < -0.4 is 5.32 Å². The monoisotopic (exact) mass is 198 g/mol. The summed E-state index contributed by atoms with van der Waals surface area (Å²) in [6.07, 6.45) is 3.79. The fraction of sp³-hybridized carbons (Fsp3) is 0.900. The van der Waals surface area contributed by atoms with Crippen LogP contribution in [-0.4, -0.2) is 47.7 Å². The van der Waals surface area contributed by atoms with Crippen LogP contribution in [0.1, 0.15) is 25.7 Å². The molecular weight excluding hydrogens is 180 g/mol. The Morgan fingerprint density at radius 3 is 2.29 bits per heavy atom. The number of piperidine rings is 1. The second-order valence-electron chi connectivity index (χ2n) is 4.60. The predicted octanol–water partition coefficient (Wildman–Crippen LogP) is 0.286. The number of nitrogens with one attached hydrogen (secondary N) is 1. The number of hydrogen-bond acceptors (Lipinski definition) is 3. The minimum Gasteiger partial charge on any atom is -0.480 e. The zero-order valence-corrected chi connectivity index (χ0v) is 8.79. The summed E-state index contributed by atoms with van der Waals surface area (Å²) in [7, 11) is 3.88. The number of likely N-dealkylation sites (N-methyl/N-ethyl adjacent to an activating group) is 1. The van der Waals surface area contributed by atoms with Gasteiger partial charge in [0.25, 0.3) is 0 Å². The summed E-state index contributed by atoms with van der Waals surface area (Å²) in [4.78, 5) is 13.6. The van der Waals surface area contributed by atoms with Crippen LogP contribution in [0.4, 0.5) is 0 Å². The van der Waals surface area contributed by atoms with Gasteiger partial charge in [-0.2, -0.15) is 0 Å². The summed E-state index contributed by atoms with van der Waals surface area (Å²) in [5.74, 6) is -0.690. The molecule has 14 heavy (non-hydrogen) atoms. The van der Waals surface area contributed by atoms with Crippen LogP contribution in [-0.2, 0) is 4.79 Å². The van der Waals surface area contributed by atoms with Gasteiger partial charge in [0.15, 0.2) is 0 Å². The molecule has 0 saturated carbocycles. The highest BCUT2D eigenvalue weighted by Gasteiger charge is 2.50. The maximum Gasteiger partial charge on any atom is 0.324 e. The molecule has 2 fully saturated rings. The van der Waals surface area contributed by atoms with Gasteiger partial charge in [0.05, 0.1) is 0 Å². The SMILES string of the molecule is CNC1(C(=O)O)CC2CCC(C1)N2C. The van der Waals surface area contributed by atoms with E-state index in [1.165, 1.54) is 0 Å². The highest BCUT2D eigenvalue weighted by atomic mass is 16.4. The van der Waals surface area contributed by atoms with Crippen molar-refractivity contribution in [1.29, 1.82) is 0 Å². The summed E-state index contributed by atoms with van der Waals surface area (Å²) < 4.78 is 0. The summed E-state index contributed by atoms with van der Waals surface area (Å²) in [6.45, 7) is 0. The van der Waals surface area contributed by atoms with Crippen LogP contribution in [0.2, 0.25) is 0 Å². The van der Waals surface area contributed by atoms with Gasteiger partial charge >= 0.3 is 5.97 Å². The topological polar surface area (TPSA) is 52.6 Å². The van der Waals surface area contributed by atoms with Crippen LogP contribution in [0.15, 0.2) is 0 Å². The van der Waals surface area contributed by atoms with Crippen molar-refractivity contribution in [2.75, 3.05) is 14.1 Å². The lowest BCUT2D eigenvalue weighted by Crippen LogP contribution is -2.60. The number of fused-ring (bicyclic) bond motifs is 2. The van der Waals surface area contributed by atoms with Gasteiger partial charge in [0.2, 0.25) is 0 Å². The smallest absolute Gasteiger partial charge is 0.324 e. The molecule has 2 bridgehead atoms. The van der Waals surface area contributed by atoms with E-state index in [1.54, 1.807) is 7.05 Å². The first-order valence-electron chi connectivity index (χ1n) is 5.23. The molecule has 2 unspecified atom stereocenters. The Balaban J connectivity index is 2.21. The third-order valence-corrected chi connectivity index (χ3v) is 4.04. The van der Waals surface area contributed by atoms with E-state index in [-0.39, 0.29) is 0 Å². The molecular formula is C10H18N2O2. The summed E-state index contributed by atoms with van der Waals surface area (Å²) >= 11 is 0. The Labute approximate surface area is 84.3 Å². The van der Waals surface area contributed by atoms with Crippen molar-refractivity contribution in [2.45, 2.75) is 43.3 Å². The summed E-state index contributed by atoms with van der Waals surface area (Å²) in [6, 6.07) is 0.912. The van der Waals surface area contributed by atoms with Crippen molar-refractivity contribution in [1.82, 2.24) is 10.2 Å². The van der Waals surface area contributed by atoms with Crippen molar-refractivity contribution >= 4 is 5.97 Å². The number of carboxylic acids is 1. The third-order valence-electron chi connectivity index (χ3n) is 4.04. The lowest BCUT2D eigenvalue weighted by atomic mass is 9.83. The molecule has 2 aliphatic heterocycles. The molecule has 0 spiro atoms. The van der Waals surface area contributed by atoms with Gasteiger partial charge in [-0.1, -0.05) is 0 Å². The number of carbonyl (C=O) groups is 1. The second-order valence-corrected chi connectivity index (χ2v) is 4.60.